The molecule has 7 nitrogen and oxygen atoms in total. The summed E-state index contributed by atoms with van der Waals surface area (Å²) in [5, 5.41) is 3.80. The van der Waals surface area contributed by atoms with E-state index in [4.69, 9.17) is 5.73 Å². The molecule has 0 fully saturated rings. The molecular formula is C17H14F4N6OS. The molecule has 1 aliphatic heterocycles. The third kappa shape index (κ3) is 3.79. The predicted molar refractivity (Wildman–Crippen MR) is 96.1 cm³/mol. The summed E-state index contributed by atoms with van der Waals surface area (Å²) in [5.41, 5.74) is 6.63. The number of hydrogen-bond acceptors (Lipinski definition) is 6. The summed E-state index contributed by atoms with van der Waals surface area (Å²) in [6.45, 7) is 0.122. The van der Waals surface area contributed by atoms with Crippen LogP contribution in [0.15, 0.2) is 24.3 Å². The minimum absolute atomic E-state index is 0.237. The van der Waals surface area contributed by atoms with Crippen LogP contribution in [0, 0.1) is 5.82 Å². The molecule has 0 bridgehead atoms. The lowest BCUT2D eigenvalue weighted by atomic mass is 10.1. The average Bonchev–Trinajstić information content (AvgIpc) is 3.25. The zero-order chi connectivity index (χ0) is 20.8. The normalized spacial score (nSPS) is 14.1. The molecule has 0 radical (unpaired) electrons. The first-order valence-corrected chi connectivity index (χ1v) is 9.33. The van der Waals surface area contributed by atoms with Gasteiger partial charge < -0.3 is 10.6 Å². The van der Waals surface area contributed by atoms with Gasteiger partial charge in [-0.25, -0.2) is 14.1 Å². The van der Waals surface area contributed by atoms with Crippen LogP contribution < -0.4 is 5.73 Å². The maximum absolute atomic E-state index is 14.0. The summed E-state index contributed by atoms with van der Waals surface area (Å²) in [4.78, 5) is 22.5. The summed E-state index contributed by atoms with van der Waals surface area (Å²) in [5.74, 6) is -2.70. The second kappa shape index (κ2) is 7.10. The molecule has 29 heavy (non-hydrogen) atoms. The van der Waals surface area contributed by atoms with E-state index in [2.05, 4.69) is 15.1 Å². The number of thiazole rings is 1. The first-order chi connectivity index (χ1) is 13.7. The minimum Gasteiger partial charge on any atom is -0.368 e. The summed E-state index contributed by atoms with van der Waals surface area (Å²) in [6, 6.07) is 6.29. The molecule has 2 N–H and O–H groups in total. The molecule has 1 aromatic carbocycles. The number of nitrogens with two attached hydrogens (primary N) is 1. The summed E-state index contributed by atoms with van der Waals surface area (Å²) in [6.07, 6.45) is -4.28. The molecule has 1 aliphatic rings. The summed E-state index contributed by atoms with van der Waals surface area (Å²) >= 11 is 1.29. The van der Waals surface area contributed by atoms with Crippen LogP contribution >= 0.6 is 11.3 Å². The van der Waals surface area contributed by atoms with Gasteiger partial charge >= 0.3 is 6.18 Å². The lowest BCUT2D eigenvalue weighted by Crippen LogP contribution is -2.38. The predicted octanol–water partition coefficient (Wildman–Crippen LogP) is 2.73. The molecule has 1 amide bonds. The van der Waals surface area contributed by atoms with Crippen molar-refractivity contribution < 1.29 is 22.4 Å². The first-order valence-electron chi connectivity index (χ1n) is 8.51. The summed E-state index contributed by atoms with van der Waals surface area (Å²) < 4.78 is 52.8. The fourth-order valence-electron chi connectivity index (χ4n) is 2.98. The molecule has 0 unspecified atom stereocenters. The Kier molecular flexibility index (Phi) is 4.73. The number of amides is 1. The Bertz CT molecular complexity index is 1080. The van der Waals surface area contributed by atoms with Crippen molar-refractivity contribution in [2.45, 2.75) is 25.7 Å². The topological polar surface area (TPSA) is 89.9 Å². The summed E-state index contributed by atoms with van der Waals surface area (Å²) in [7, 11) is 0. The standard InChI is InChI=1S/C17H14F4N6OS/c18-10-4-2-1-3-9(10)14-23-11-5-6-26(7-12(11)29-14)13(28)8-27-16(22)24-15(25-27)17(19,20)21/h1-4H,5-8H2,(H2,22,24,25). The highest BCUT2D eigenvalue weighted by Gasteiger charge is 2.37. The van der Waals surface area contributed by atoms with Gasteiger partial charge in [0.1, 0.15) is 17.4 Å². The molecule has 0 atom stereocenters. The van der Waals surface area contributed by atoms with Crippen molar-refractivity contribution in [1.82, 2.24) is 24.6 Å². The molecule has 152 valence electrons. The Morgan fingerprint density at radius 2 is 2.00 bits per heavy atom. The first kappa shape index (κ1) is 19.3. The number of hydrogen-bond donors (Lipinski definition) is 1. The fraction of sp³-hybridized carbons (Fsp3) is 0.294. The Balaban J connectivity index is 1.50. The molecule has 3 heterocycles. The fourth-order valence-corrected chi connectivity index (χ4v) is 4.13. The quantitative estimate of drug-likeness (QED) is 0.651. The van der Waals surface area contributed by atoms with Crippen LogP contribution in [0.4, 0.5) is 23.5 Å². The van der Waals surface area contributed by atoms with Gasteiger partial charge in [0.15, 0.2) is 0 Å². The zero-order valence-corrected chi connectivity index (χ0v) is 15.6. The Hall–Kier alpha value is -3.02. The van der Waals surface area contributed by atoms with E-state index in [1.807, 2.05) is 0 Å². The van der Waals surface area contributed by atoms with Gasteiger partial charge in [-0.1, -0.05) is 12.1 Å². The Morgan fingerprint density at radius 1 is 1.24 bits per heavy atom. The minimum atomic E-state index is -4.74. The molecule has 12 heteroatoms. The smallest absolute Gasteiger partial charge is 0.368 e. The van der Waals surface area contributed by atoms with E-state index in [0.29, 0.717) is 23.5 Å². The number of rotatable bonds is 3. The van der Waals surface area contributed by atoms with E-state index in [1.165, 1.54) is 22.3 Å². The molecular weight excluding hydrogens is 412 g/mol. The van der Waals surface area contributed by atoms with Crippen LogP contribution in [0.2, 0.25) is 0 Å². The second-order valence-corrected chi connectivity index (χ2v) is 7.47. The number of anilines is 1. The van der Waals surface area contributed by atoms with Crippen LogP contribution in [0.25, 0.3) is 10.6 Å². The number of carbonyl (C=O) groups excluding carboxylic acids is 1. The molecule has 0 saturated carbocycles. The lowest BCUT2D eigenvalue weighted by Gasteiger charge is -2.26. The Labute approximate surface area is 165 Å². The van der Waals surface area contributed by atoms with E-state index >= 15 is 0 Å². The highest BCUT2D eigenvalue weighted by molar-refractivity contribution is 7.15. The molecule has 0 saturated heterocycles. The van der Waals surface area contributed by atoms with Crippen molar-refractivity contribution in [3.05, 3.63) is 46.5 Å². The number of carbonyl (C=O) groups is 1. The van der Waals surface area contributed by atoms with Crippen LogP contribution in [0.3, 0.4) is 0 Å². The van der Waals surface area contributed by atoms with E-state index in [9.17, 15) is 22.4 Å². The highest BCUT2D eigenvalue weighted by atomic mass is 32.1. The molecule has 2 aromatic heterocycles. The maximum atomic E-state index is 14.0. The highest BCUT2D eigenvalue weighted by Crippen LogP contribution is 2.33. The van der Waals surface area contributed by atoms with Crippen molar-refractivity contribution in [2.75, 3.05) is 12.3 Å². The second-order valence-electron chi connectivity index (χ2n) is 6.38. The van der Waals surface area contributed by atoms with Crippen molar-refractivity contribution in [2.24, 2.45) is 0 Å². The number of fused-ring (bicyclic) bond motifs is 1. The molecule has 4 rings (SSSR count). The monoisotopic (exact) mass is 426 g/mol. The van der Waals surface area contributed by atoms with Gasteiger partial charge in [0.05, 0.1) is 12.2 Å². The van der Waals surface area contributed by atoms with Crippen molar-refractivity contribution >= 4 is 23.2 Å². The van der Waals surface area contributed by atoms with Crippen LogP contribution in [0.1, 0.15) is 16.4 Å². The number of alkyl halides is 3. The lowest BCUT2D eigenvalue weighted by molar-refractivity contribution is -0.145. The molecule has 3 aromatic rings. The van der Waals surface area contributed by atoms with E-state index in [0.717, 1.165) is 15.3 Å². The van der Waals surface area contributed by atoms with E-state index in [1.54, 1.807) is 18.2 Å². The number of benzene rings is 1. The van der Waals surface area contributed by atoms with Gasteiger partial charge in [-0.2, -0.15) is 18.2 Å². The van der Waals surface area contributed by atoms with E-state index < -0.39 is 30.4 Å². The molecule has 0 spiro atoms. The maximum Gasteiger partial charge on any atom is 0.453 e. The Morgan fingerprint density at radius 3 is 2.69 bits per heavy atom. The van der Waals surface area contributed by atoms with Gasteiger partial charge in [0, 0.05) is 23.4 Å². The van der Waals surface area contributed by atoms with Gasteiger partial charge in [0.25, 0.3) is 5.82 Å². The van der Waals surface area contributed by atoms with Crippen LogP contribution in [-0.2, 0) is 30.5 Å². The zero-order valence-electron chi connectivity index (χ0n) is 14.8. The van der Waals surface area contributed by atoms with Gasteiger partial charge in [0.2, 0.25) is 11.9 Å². The third-order valence-electron chi connectivity index (χ3n) is 4.43. The average molecular weight is 426 g/mol. The third-order valence-corrected chi connectivity index (χ3v) is 5.54. The largest absolute Gasteiger partial charge is 0.453 e. The van der Waals surface area contributed by atoms with Crippen molar-refractivity contribution in [1.29, 1.82) is 0 Å². The molecule has 0 aliphatic carbocycles. The number of nitrogen functional groups attached to an aromatic ring is 1. The van der Waals surface area contributed by atoms with Crippen LogP contribution in [0.5, 0.6) is 0 Å². The van der Waals surface area contributed by atoms with Crippen LogP contribution in [-0.4, -0.2) is 37.1 Å². The number of aromatic nitrogens is 4. The number of nitrogens with zero attached hydrogens (tertiary/aromatic N) is 5. The number of halogens is 4. The van der Waals surface area contributed by atoms with Gasteiger partial charge in [-0.3, -0.25) is 4.79 Å². The van der Waals surface area contributed by atoms with Crippen molar-refractivity contribution in [3.8, 4) is 10.6 Å². The SMILES string of the molecule is Nc1nc(C(F)(F)F)nn1CC(=O)N1CCc2nc(-c3ccccc3F)sc2C1. The van der Waals surface area contributed by atoms with E-state index in [-0.39, 0.29) is 12.4 Å². The van der Waals surface area contributed by atoms with Gasteiger partial charge in [-0.05, 0) is 12.1 Å². The van der Waals surface area contributed by atoms with Crippen molar-refractivity contribution in [3.63, 3.8) is 0 Å². The van der Waals surface area contributed by atoms with Gasteiger partial charge in [-0.15, -0.1) is 16.4 Å².